The van der Waals surface area contributed by atoms with E-state index in [4.69, 9.17) is 0 Å². The number of hydrogen-bond donors (Lipinski definition) is 1. The molecule has 1 aromatic carbocycles. The number of para-hydroxylation sites is 1. The predicted octanol–water partition coefficient (Wildman–Crippen LogP) is 4.00. The number of thiophene rings is 1. The van der Waals surface area contributed by atoms with Gasteiger partial charge in [-0.3, -0.25) is 14.9 Å². The summed E-state index contributed by atoms with van der Waals surface area (Å²) in [5, 5.41) is 4.77. The van der Waals surface area contributed by atoms with Gasteiger partial charge in [0, 0.05) is 16.5 Å². The van der Waals surface area contributed by atoms with E-state index < -0.39 is 0 Å². The second-order valence-corrected chi connectivity index (χ2v) is 7.41. The Hall–Kier alpha value is -1.92. The molecule has 3 heterocycles. The van der Waals surface area contributed by atoms with Gasteiger partial charge in [0.1, 0.15) is 0 Å². The number of rotatable bonds is 1. The molecule has 0 aliphatic rings. The smallest absolute Gasteiger partial charge is 0.280 e. The molecule has 0 radical (unpaired) electrons. The molecule has 4 nitrogen and oxygen atoms in total. The number of aryl methyl sites for hydroxylation is 1. The molecular weight excluding hydrogens is 350 g/mol. The van der Waals surface area contributed by atoms with Gasteiger partial charge in [0.05, 0.1) is 25.9 Å². The summed E-state index contributed by atoms with van der Waals surface area (Å²) in [6.45, 7) is 2.02. The summed E-state index contributed by atoms with van der Waals surface area (Å²) < 4.78 is 2.51. The Morgan fingerprint density at radius 2 is 2.10 bits per heavy atom. The van der Waals surface area contributed by atoms with Gasteiger partial charge in [0.15, 0.2) is 0 Å². The molecule has 4 aromatic rings. The van der Waals surface area contributed by atoms with Crippen LogP contribution in [0.2, 0.25) is 0 Å². The summed E-state index contributed by atoms with van der Waals surface area (Å²) in [5.74, 6) is 0. The number of hydrogen-bond acceptors (Lipinski definition) is 3. The van der Waals surface area contributed by atoms with Gasteiger partial charge in [-0.05, 0) is 35.0 Å². The summed E-state index contributed by atoms with van der Waals surface area (Å²) in [7, 11) is 0. The third-order valence-corrected chi connectivity index (χ3v) is 5.19. The molecule has 0 aliphatic carbocycles. The molecule has 0 spiro atoms. The van der Waals surface area contributed by atoms with E-state index in [9.17, 15) is 4.79 Å². The van der Waals surface area contributed by atoms with Gasteiger partial charge in [0.2, 0.25) is 0 Å². The Balaban J connectivity index is 2.13. The zero-order chi connectivity index (χ0) is 14.6. The maximum atomic E-state index is 12.6. The van der Waals surface area contributed by atoms with E-state index in [1.54, 1.807) is 22.2 Å². The molecule has 0 bridgehead atoms. The lowest BCUT2D eigenvalue weighted by molar-refractivity contribution is 0.865. The third kappa shape index (κ3) is 1.86. The number of nitrogens with one attached hydrogen (secondary N) is 1. The van der Waals surface area contributed by atoms with E-state index in [1.165, 1.54) is 0 Å². The Morgan fingerprint density at radius 3 is 2.86 bits per heavy atom. The van der Waals surface area contributed by atoms with Gasteiger partial charge in [0.25, 0.3) is 5.56 Å². The number of fused-ring (bicyclic) bond motifs is 3. The lowest BCUT2D eigenvalue weighted by atomic mass is 10.2. The standard InChI is InChI=1S/C15H10BrN3OS/c1-8-6-12(14(16)21-8)19-15(20)10-7-17-11-5-3-2-4-9(11)13(10)18-19/h2-7,18H,1H3. The average molecular weight is 360 g/mol. The fraction of sp³-hybridized carbons (Fsp3) is 0.0667. The molecule has 0 saturated heterocycles. The average Bonchev–Trinajstić information content (AvgIpc) is 2.99. The molecule has 104 valence electrons. The van der Waals surface area contributed by atoms with Crippen LogP contribution in [0.5, 0.6) is 0 Å². The highest BCUT2D eigenvalue weighted by Crippen LogP contribution is 2.30. The van der Waals surface area contributed by atoms with Crippen molar-refractivity contribution < 1.29 is 0 Å². The fourth-order valence-electron chi connectivity index (χ4n) is 2.50. The lowest BCUT2D eigenvalue weighted by Gasteiger charge is -1.98. The maximum Gasteiger partial charge on any atom is 0.280 e. The van der Waals surface area contributed by atoms with Crippen LogP contribution in [-0.2, 0) is 0 Å². The van der Waals surface area contributed by atoms with Crippen molar-refractivity contribution in [2.45, 2.75) is 6.92 Å². The van der Waals surface area contributed by atoms with E-state index in [0.29, 0.717) is 5.39 Å². The monoisotopic (exact) mass is 359 g/mol. The summed E-state index contributed by atoms with van der Waals surface area (Å²) >= 11 is 5.13. The summed E-state index contributed by atoms with van der Waals surface area (Å²) in [6, 6.07) is 9.79. The van der Waals surface area contributed by atoms with E-state index >= 15 is 0 Å². The van der Waals surface area contributed by atoms with Gasteiger partial charge < -0.3 is 0 Å². The highest BCUT2D eigenvalue weighted by Gasteiger charge is 2.14. The minimum Gasteiger partial charge on any atom is -0.289 e. The minimum atomic E-state index is -0.0817. The van der Waals surface area contributed by atoms with Crippen LogP contribution in [0, 0.1) is 6.92 Å². The van der Waals surface area contributed by atoms with E-state index in [-0.39, 0.29) is 5.56 Å². The maximum absolute atomic E-state index is 12.6. The van der Waals surface area contributed by atoms with Crippen molar-refractivity contribution >= 4 is 49.1 Å². The first-order valence-electron chi connectivity index (χ1n) is 6.40. The van der Waals surface area contributed by atoms with Crippen molar-refractivity contribution in [1.29, 1.82) is 0 Å². The number of aromatic nitrogens is 3. The number of nitrogens with zero attached hydrogens (tertiary/aromatic N) is 2. The van der Waals surface area contributed by atoms with Gasteiger partial charge >= 0.3 is 0 Å². The number of H-pyrrole nitrogens is 1. The molecular formula is C15H10BrN3OS. The van der Waals surface area contributed by atoms with Crippen molar-refractivity contribution in [3.05, 3.63) is 55.5 Å². The van der Waals surface area contributed by atoms with Crippen LogP contribution in [0.4, 0.5) is 0 Å². The van der Waals surface area contributed by atoms with E-state index in [0.717, 1.165) is 30.8 Å². The van der Waals surface area contributed by atoms with Crippen LogP contribution in [0.15, 0.2) is 45.1 Å². The largest absolute Gasteiger partial charge is 0.289 e. The van der Waals surface area contributed by atoms with Gasteiger partial charge in [-0.2, -0.15) is 0 Å². The van der Waals surface area contributed by atoms with Gasteiger partial charge in [-0.25, -0.2) is 4.68 Å². The van der Waals surface area contributed by atoms with Crippen molar-refractivity contribution in [3.63, 3.8) is 0 Å². The first kappa shape index (κ1) is 12.8. The van der Waals surface area contributed by atoms with E-state index in [1.807, 2.05) is 37.3 Å². The predicted molar refractivity (Wildman–Crippen MR) is 89.5 cm³/mol. The topological polar surface area (TPSA) is 50.7 Å². The fourth-order valence-corrected chi connectivity index (χ4v) is 4.27. The quantitative estimate of drug-likeness (QED) is 0.558. The molecule has 0 saturated carbocycles. The number of halogens is 1. The van der Waals surface area contributed by atoms with Gasteiger partial charge in [-0.15, -0.1) is 11.3 Å². The number of benzene rings is 1. The summed E-state index contributed by atoms with van der Waals surface area (Å²) in [4.78, 5) is 18.1. The van der Waals surface area contributed by atoms with Crippen molar-refractivity contribution in [2.75, 3.05) is 0 Å². The molecule has 0 aliphatic heterocycles. The first-order valence-corrected chi connectivity index (χ1v) is 8.01. The SMILES string of the molecule is Cc1cc(-n2[nH]c3c(cnc4ccccc43)c2=O)c(Br)s1. The van der Waals surface area contributed by atoms with Crippen molar-refractivity contribution in [1.82, 2.24) is 14.8 Å². The highest BCUT2D eigenvalue weighted by atomic mass is 79.9. The van der Waals surface area contributed by atoms with Crippen LogP contribution < -0.4 is 5.56 Å². The Kier molecular flexibility index (Phi) is 2.77. The normalized spacial score (nSPS) is 11.5. The molecule has 0 atom stereocenters. The van der Waals surface area contributed by atoms with Crippen LogP contribution in [-0.4, -0.2) is 14.8 Å². The molecule has 0 amide bonds. The summed E-state index contributed by atoms with van der Waals surface area (Å²) in [6.07, 6.45) is 1.64. The Bertz CT molecular complexity index is 1040. The number of aromatic amines is 1. The second kappa shape index (κ2) is 4.54. The minimum absolute atomic E-state index is 0.0817. The van der Waals surface area contributed by atoms with E-state index in [2.05, 4.69) is 26.0 Å². The third-order valence-electron chi connectivity index (χ3n) is 3.47. The van der Waals surface area contributed by atoms with Gasteiger partial charge in [-0.1, -0.05) is 18.2 Å². The van der Waals surface area contributed by atoms with Crippen LogP contribution >= 0.6 is 27.3 Å². The number of pyridine rings is 1. The molecule has 1 N–H and O–H groups in total. The zero-order valence-electron chi connectivity index (χ0n) is 11.1. The van der Waals surface area contributed by atoms with Crippen molar-refractivity contribution in [3.8, 4) is 5.69 Å². The lowest BCUT2D eigenvalue weighted by Crippen LogP contribution is -2.13. The van der Waals surface area contributed by atoms with Crippen LogP contribution in [0.1, 0.15) is 4.88 Å². The highest BCUT2D eigenvalue weighted by molar-refractivity contribution is 9.11. The first-order chi connectivity index (χ1) is 10.1. The van der Waals surface area contributed by atoms with Crippen LogP contribution in [0.3, 0.4) is 0 Å². The Labute approximate surface area is 132 Å². The molecule has 6 heteroatoms. The molecule has 0 unspecified atom stereocenters. The molecule has 4 rings (SSSR count). The second-order valence-electron chi connectivity index (χ2n) is 4.83. The zero-order valence-corrected chi connectivity index (χ0v) is 13.5. The molecule has 21 heavy (non-hydrogen) atoms. The van der Waals surface area contributed by atoms with Crippen LogP contribution in [0.25, 0.3) is 27.5 Å². The Morgan fingerprint density at radius 1 is 1.29 bits per heavy atom. The summed E-state index contributed by atoms with van der Waals surface area (Å²) in [5.41, 5.74) is 2.45. The van der Waals surface area contributed by atoms with Crippen molar-refractivity contribution in [2.24, 2.45) is 0 Å². The molecule has 0 fully saturated rings. The molecule has 3 aromatic heterocycles.